The van der Waals surface area contributed by atoms with Crippen molar-refractivity contribution in [2.45, 2.75) is 19.5 Å². The van der Waals surface area contributed by atoms with E-state index in [4.69, 9.17) is 32.9 Å². The first kappa shape index (κ1) is 21.8. The van der Waals surface area contributed by atoms with Gasteiger partial charge >= 0.3 is 0 Å². The van der Waals surface area contributed by atoms with E-state index < -0.39 is 0 Å². The van der Waals surface area contributed by atoms with Gasteiger partial charge in [0.1, 0.15) is 5.75 Å². The molecule has 0 spiro atoms. The number of hydrogen-bond acceptors (Lipinski definition) is 5. The molecule has 5 rings (SSSR count). The third kappa shape index (κ3) is 4.86. The largest absolute Gasteiger partial charge is 0.496 e. The number of methoxy groups -OCH3 is 1. The lowest BCUT2D eigenvalue weighted by Gasteiger charge is -2.28. The number of nitrogens with zero attached hydrogens (tertiary/aromatic N) is 4. The highest BCUT2D eigenvalue weighted by Crippen LogP contribution is 2.31. The molecule has 1 aliphatic rings. The van der Waals surface area contributed by atoms with Gasteiger partial charge in [0.2, 0.25) is 0 Å². The van der Waals surface area contributed by atoms with Gasteiger partial charge in [-0.2, -0.15) is 0 Å². The van der Waals surface area contributed by atoms with Crippen molar-refractivity contribution >= 4 is 23.2 Å². The van der Waals surface area contributed by atoms with Crippen LogP contribution in [0.15, 0.2) is 67.0 Å². The first-order valence-corrected chi connectivity index (χ1v) is 11.5. The summed E-state index contributed by atoms with van der Waals surface area (Å²) < 4.78 is 5.46. The number of aromatic nitrogens is 3. The second-order valence-electron chi connectivity index (χ2n) is 8.03. The Morgan fingerprint density at radius 1 is 0.939 bits per heavy atom. The van der Waals surface area contributed by atoms with E-state index in [9.17, 15) is 0 Å². The monoisotopic (exact) mass is 476 g/mol. The van der Waals surface area contributed by atoms with E-state index >= 15 is 0 Å². The van der Waals surface area contributed by atoms with Gasteiger partial charge in [0.25, 0.3) is 0 Å². The molecule has 0 bridgehead atoms. The second kappa shape index (κ2) is 9.48. The fourth-order valence-electron chi connectivity index (χ4n) is 4.06. The van der Waals surface area contributed by atoms with Gasteiger partial charge < -0.3 is 4.74 Å². The molecule has 0 saturated heterocycles. The van der Waals surface area contributed by atoms with Crippen molar-refractivity contribution in [2.24, 2.45) is 0 Å². The van der Waals surface area contributed by atoms with Gasteiger partial charge in [-0.3, -0.25) is 9.88 Å². The van der Waals surface area contributed by atoms with Crippen LogP contribution in [-0.2, 0) is 19.5 Å². The summed E-state index contributed by atoms with van der Waals surface area (Å²) in [6, 6.07) is 17.3. The third-order valence-electron chi connectivity index (χ3n) is 5.78. The predicted octanol–water partition coefficient (Wildman–Crippen LogP) is 6.08. The zero-order valence-corrected chi connectivity index (χ0v) is 19.6. The molecule has 5 nitrogen and oxygen atoms in total. The topological polar surface area (TPSA) is 51.1 Å². The summed E-state index contributed by atoms with van der Waals surface area (Å²) in [6.07, 6.45) is 4.76. The van der Waals surface area contributed by atoms with Gasteiger partial charge in [-0.15, -0.1) is 0 Å². The molecule has 0 atom stereocenters. The van der Waals surface area contributed by atoms with E-state index in [1.807, 2.05) is 60.9 Å². The fourth-order valence-corrected chi connectivity index (χ4v) is 4.36. The minimum absolute atomic E-state index is 0.657. The van der Waals surface area contributed by atoms with Crippen LogP contribution in [0, 0.1) is 0 Å². The van der Waals surface area contributed by atoms with Crippen molar-refractivity contribution in [3.05, 3.63) is 93.9 Å². The number of fused-ring (bicyclic) bond motifs is 1. The van der Waals surface area contributed by atoms with Crippen LogP contribution in [0.3, 0.4) is 0 Å². The number of ether oxygens (including phenoxy) is 1. The lowest BCUT2D eigenvalue weighted by Crippen LogP contribution is -2.31. The highest BCUT2D eigenvalue weighted by Gasteiger charge is 2.19. The highest BCUT2D eigenvalue weighted by molar-refractivity contribution is 6.31. The summed E-state index contributed by atoms with van der Waals surface area (Å²) in [5, 5.41) is 1.37. The summed E-state index contributed by atoms with van der Waals surface area (Å²) >= 11 is 12.2. The maximum absolute atomic E-state index is 6.17. The van der Waals surface area contributed by atoms with Crippen molar-refractivity contribution < 1.29 is 4.74 Å². The molecule has 33 heavy (non-hydrogen) atoms. The fraction of sp³-hybridized carbons (Fsp3) is 0.192. The molecule has 0 radical (unpaired) electrons. The normalized spacial score (nSPS) is 13.5. The maximum Gasteiger partial charge on any atom is 0.159 e. The lowest BCUT2D eigenvalue weighted by molar-refractivity contribution is 0.242. The van der Waals surface area contributed by atoms with Crippen LogP contribution in [0.5, 0.6) is 5.75 Å². The summed E-state index contributed by atoms with van der Waals surface area (Å²) in [5.41, 5.74) is 6.15. The number of rotatable bonds is 5. The van der Waals surface area contributed by atoms with Crippen molar-refractivity contribution in [1.29, 1.82) is 0 Å². The minimum Gasteiger partial charge on any atom is -0.496 e. The molecule has 2 aromatic carbocycles. The summed E-state index contributed by atoms with van der Waals surface area (Å²) in [4.78, 5) is 16.4. The van der Waals surface area contributed by atoms with E-state index in [0.29, 0.717) is 10.0 Å². The smallest absolute Gasteiger partial charge is 0.159 e. The minimum atomic E-state index is 0.657. The number of halogens is 2. The van der Waals surface area contributed by atoms with Crippen LogP contribution in [0.4, 0.5) is 0 Å². The number of pyridine rings is 1. The molecule has 0 unspecified atom stereocenters. The van der Waals surface area contributed by atoms with Gasteiger partial charge in [0.15, 0.2) is 5.82 Å². The molecule has 2 aromatic heterocycles. The Morgan fingerprint density at radius 2 is 1.76 bits per heavy atom. The van der Waals surface area contributed by atoms with Crippen molar-refractivity contribution in [2.75, 3.05) is 13.7 Å². The van der Waals surface area contributed by atoms with E-state index in [2.05, 4.69) is 20.9 Å². The summed E-state index contributed by atoms with van der Waals surface area (Å²) in [6.45, 7) is 2.58. The molecular formula is C26H22Cl2N4O. The Balaban J connectivity index is 1.28. The van der Waals surface area contributed by atoms with Crippen LogP contribution in [0.1, 0.15) is 16.8 Å². The van der Waals surface area contributed by atoms with Gasteiger partial charge in [-0.25, -0.2) is 9.97 Å². The van der Waals surface area contributed by atoms with E-state index in [1.165, 1.54) is 5.56 Å². The Bertz CT molecular complexity index is 1280. The van der Waals surface area contributed by atoms with Crippen molar-refractivity contribution in [3.8, 4) is 28.4 Å². The Labute approximate surface area is 203 Å². The SMILES string of the molecule is COc1ccc(Cl)cc1-c1ccc(CN2CCc3nc(-c4ccc(Cl)cc4)ncc3C2)cn1. The van der Waals surface area contributed by atoms with Crippen molar-refractivity contribution in [3.63, 3.8) is 0 Å². The lowest BCUT2D eigenvalue weighted by atomic mass is 10.1. The summed E-state index contributed by atoms with van der Waals surface area (Å²) in [5.74, 6) is 1.50. The van der Waals surface area contributed by atoms with Crippen LogP contribution < -0.4 is 4.74 Å². The average molecular weight is 477 g/mol. The molecule has 166 valence electrons. The van der Waals surface area contributed by atoms with Crippen LogP contribution in [-0.4, -0.2) is 33.5 Å². The first-order chi connectivity index (χ1) is 16.1. The number of hydrogen-bond donors (Lipinski definition) is 0. The van der Waals surface area contributed by atoms with E-state index in [0.717, 1.165) is 65.7 Å². The average Bonchev–Trinajstić information content (AvgIpc) is 2.85. The molecular weight excluding hydrogens is 455 g/mol. The maximum atomic E-state index is 6.17. The molecule has 3 heterocycles. The zero-order chi connectivity index (χ0) is 22.8. The van der Waals surface area contributed by atoms with Crippen LogP contribution in [0.25, 0.3) is 22.6 Å². The summed E-state index contributed by atoms with van der Waals surface area (Å²) in [7, 11) is 1.65. The molecule has 0 amide bonds. The van der Waals surface area contributed by atoms with Crippen molar-refractivity contribution in [1.82, 2.24) is 19.9 Å². The Hall–Kier alpha value is -2.99. The predicted molar refractivity (Wildman–Crippen MR) is 132 cm³/mol. The molecule has 0 fully saturated rings. The standard InChI is InChI=1S/C26H22Cl2N4O/c1-33-25-9-7-21(28)12-22(25)24-8-2-17(13-29-24)15-32-11-10-23-19(16-32)14-30-26(31-23)18-3-5-20(27)6-4-18/h2-9,12-14H,10-11,15-16H2,1H3. The highest BCUT2D eigenvalue weighted by atomic mass is 35.5. The molecule has 0 saturated carbocycles. The van der Waals surface area contributed by atoms with E-state index in [1.54, 1.807) is 7.11 Å². The van der Waals surface area contributed by atoms with Gasteiger partial charge in [0.05, 0.1) is 18.5 Å². The third-order valence-corrected chi connectivity index (χ3v) is 6.27. The van der Waals surface area contributed by atoms with Gasteiger partial charge in [-0.05, 0) is 54.1 Å². The zero-order valence-electron chi connectivity index (χ0n) is 18.1. The number of benzene rings is 2. The Morgan fingerprint density at radius 3 is 2.52 bits per heavy atom. The quantitative estimate of drug-likeness (QED) is 0.349. The molecule has 7 heteroatoms. The van der Waals surface area contributed by atoms with E-state index in [-0.39, 0.29) is 0 Å². The van der Waals surface area contributed by atoms with Gasteiger partial charge in [0, 0.05) is 65.2 Å². The van der Waals surface area contributed by atoms with Crippen LogP contribution >= 0.6 is 23.2 Å². The van der Waals surface area contributed by atoms with Gasteiger partial charge in [-0.1, -0.05) is 29.3 Å². The van der Waals surface area contributed by atoms with Crippen LogP contribution in [0.2, 0.25) is 10.0 Å². The Kier molecular flexibility index (Phi) is 6.27. The second-order valence-corrected chi connectivity index (χ2v) is 8.90. The molecule has 0 aliphatic carbocycles. The molecule has 0 N–H and O–H groups in total. The molecule has 1 aliphatic heterocycles. The first-order valence-electron chi connectivity index (χ1n) is 10.7. The molecule has 4 aromatic rings.